The summed E-state index contributed by atoms with van der Waals surface area (Å²) >= 11 is 0. The van der Waals surface area contributed by atoms with Crippen LogP contribution < -0.4 is 11.1 Å². The summed E-state index contributed by atoms with van der Waals surface area (Å²) < 4.78 is 0. The molecule has 5 heteroatoms. The molecule has 13 heavy (non-hydrogen) atoms. The van der Waals surface area contributed by atoms with Crippen LogP contribution in [0.5, 0.6) is 0 Å². The van der Waals surface area contributed by atoms with Crippen LogP contribution in [-0.4, -0.2) is 29.6 Å². The van der Waals surface area contributed by atoms with E-state index in [1.807, 2.05) is 0 Å². The summed E-state index contributed by atoms with van der Waals surface area (Å²) in [5, 5.41) is 11.2. The van der Waals surface area contributed by atoms with Gasteiger partial charge in [-0.1, -0.05) is 0 Å². The summed E-state index contributed by atoms with van der Waals surface area (Å²) in [5.41, 5.74) is 5.31. The number of carboxylic acids is 1. The molecule has 0 aromatic rings. The molecule has 1 aliphatic heterocycles. The zero-order valence-corrected chi connectivity index (χ0v) is 7.32. The Morgan fingerprint density at radius 3 is 2.92 bits per heavy atom. The van der Waals surface area contributed by atoms with E-state index in [2.05, 4.69) is 5.32 Å². The fourth-order valence-electron chi connectivity index (χ4n) is 1.42. The molecule has 1 fully saturated rings. The Bertz CT molecular complexity index is 217. The van der Waals surface area contributed by atoms with E-state index < -0.39 is 12.0 Å². The number of rotatable bonds is 4. The van der Waals surface area contributed by atoms with E-state index in [0.717, 1.165) is 6.42 Å². The second-order valence-corrected chi connectivity index (χ2v) is 3.30. The largest absolute Gasteiger partial charge is 0.480 e. The number of amides is 1. The molecule has 0 saturated carbocycles. The summed E-state index contributed by atoms with van der Waals surface area (Å²) in [4.78, 5) is 21.4. The molecule has 0 aromatic heterocycles. The number of hydrogen-bond donors (Lipinski definition) is 3. The standard InChI is InChI=1S/C8H14N2O3/c9-6(8(12)13)2-1-5-3-4-10-7(5)11/h5-6H,1-4,9H2,(H,10,11)(H,12,13). The number of carbonyl (C=O) groups excluding carboxylic acids is 1. The van der Waals surface area contributed by atoms with Gasteiger partial charge in [-0.2, -0.15) is 0 Å². The van der Waals surface area contributed by atoms with Crippen LogP contribution in [-0.2, 0) is 9.59 Å². The van der Waals surface area contributed by atoms with E-state index >= 15 is 0 Å². The SMILES string of the molecule is NC(CCC1CCNC1=O)C(=O)O. The summed E-state index contributed by atoms with van der Waals surface area (Å²) in [5.74, 6) is -1.01. The fraction of sp³-hybridized carbons (Fsp3) is 0.750. The van der Waals surface area contributed by atoms with Crippen LogP contribution in [0.4, 0.5) is 0 Å². The maximum absolute atomic E-state index is 11.1. The first-order valence-corrected chi connectivity index (χ1v) is 4.37. The monoisotopic (exact) mass is 186 g/mol. The maximum Gasteiger partial charge on any atom is 0.320 e. The molecule has 1 amide bonds. The molecule has 1 heterocycles. The van der Waals surface area contributed by atoms with Crippen molar-refractivity contribution in [1.82, 2.24) is 5.32 Å². The highest BCUT2D eigenvalue weighted by molar-refractivity contribution is 5.80. The highest BCUT2D eigenvalue weighted by atomic mass is 16.4. The van der Waals surface area contributed by atoms with Gasteiger partial charge in [-0.15, -0.1) is 0 Å². The smallest absolute Gasteiger partial charge is 0.320 e. The predicted molar refractivity (Wildman–Crippen MR) is 46.0 cm³/mol. The van der Waals surface area contributed by atoms with Gasteiger partial charge in [0.15, 0.2) is 0 Å². The van der Waals surface area contributed by atoms with Crippen LogP contribution >= 0.6 is 0 Å². The quantitative estimate of drug-likeness (QED) is 0.542. The van der Waals surface area contributed by atoms with Crippen molar-refractivity contribution in [3.05, 3.63) is 0 Å². The summed E-state index contributed by atoms with van der Waals surface area (Å²) in [6.45, 7) is 0.700. The van der Waals surface area contributed by atoms with Gasteiger partial charge in [-0.3, -0.25) is 9.59 Å². The van der Waals surface area contributed by atoms with E-state index in [9.17, 15) is 9.59 Å². The van der Waals surface area contributed by atoms with E-state index in [0.29, 0.717) is 19.4 Å². The van der Waals surface area contributed by atoms with Crippen molar-refractivity contribution in [2.75, 3.05) is 6.54 Å². The van der Waals surface area contributed by atoms with Crippen molar-refractivity contribution in [2.24, 2.45) is 11.7 Å². The number of aliphatic carboxylic acids is 1. The van der Waals surface area contributed by atoms with Gasteiger partial charge in [0.25, 0.3) is 0 Å². The lowest BCUT2D eigenvalue weighted by Gasteiger charge is -2.08. The molecular weight excluding hydrogens is 172 g/mol. The average Bonchev–Trinajstić information content (AvgIpc) is 2.47. The number of nitrogens with one attached hydrogen (secondary N) is 1. The van der Waals surface area contributed by atoms with E-state index in [-0.39, 0.29) is 11.8 Å². The minimum absolute atomic E-state index is 0.0255. The van der Waals surface area contributed by atoms with E-state index in [1.54, 1.807) is 0 Å². The number of carboxylic acid groups (broad SMARTS) is 1. The minimum Gasteiger partial charge on any atom is -0.480 e. The lowest BCUT2D eigenvalue weighted by molar-refractivity contribution is -0.139. The first kappa shape index (κ1) is 9.98. The van der Waals surface area contributed by atoms with Crippen molar-refractivity contribution >= 4 is 11.9 Å². The third kappa shape index (κ3) is 2.69. The van der Waals surface area contributed by atoms with Crippen LogP contribution in [0.1, 0.15) is 19.3 Å². The molecule has 74 valence electrons. The number of nitrogens with two attached hydrogens (primary N) is 1. The van der Waals surface area contributed by atoms with Crippen molar-refractivity contribution < 1.29 is 14.7 Å². The molecule has 0 radical (unpaired) electrons. The lowest BCUT2D eigenvalue weighted by atomic mass is 9.99. The topological polar surface area (TPSA) is 92.4 Å². The van der Waals surface area contributed by atoms with Crippen LogP contribution in [0.3, 0.4) is 0 Å². The van der Waals surface area contributed by atoms with Crippen LogP contribution in [0.2, 0.25) is 0 Å². The van der Waals surface area contributed by atoms with Gasteiger partial charge in [0, 0.05) is 12.5 Å². The number of hydrogen-bond acceptors (Lipinski definition) is 3. The number of carbonyl (C=O) groups is 2. The van der Waals surface area contributed by atoms with Gasteiger partial charge < -0.3 is 16.2 Å². The molecule has 0 bridgehead atoms. The maximum atomic E-state index is 11.1. The Kier molecular flexibility index (Phi) is 3.25. The Labute approximate surface area is 76.3 Å². The molecule has 1 rings (SSSR count). The minimum atomic E-state index is -1.00. The molecular formula is C8H14N2O3. The molecule has 2 atom stereocenters. The van der Waals surface area contributed by atoms with Crippen LogP contribution in [0, 0.1) is 5.92 Å². The first-order chi connectivity index (χ1) is 6.11. The van der Waals surface area contributed by atoms with Gasteiger partial charge >= 0.3 is 5.97 Å². The first-order valence-electron chi connectivity index (χ1n) is 4.37. The Hall–Kier alpha value is -1.10. The zero-order chi connectivity index (χ0) is 9.84. The Morgan fingerprint density at radius 1 is 1.77 bits per heavy atom. The van der Waals surface area contributed by atoms with Gasteiger partial charge in [-0.25, -0.2) is 0 Å². The normalized spacial score (nSPS) is 24.1. The van der Waals surface area contributed by atoms with Crippen LogP contribution in [0.25, 0.3) is 0 Å². The van der Waals surface area contributed by atoms with Crippen molar-refractivity contribution in [1.29, 1.82) is 0 Å². The molecule has 0 aliphatic carbocycles. The van der Waals surface area contributed by atoms with Gasteiger partial charge in [-0.05, 0) is 19.3 Å². The van der Waals surface area contributed by atoms with Gasteiger partial charge in [0.05, 0.1) is 0 Å². The summed E-state index contributed by atoms with van der Waals surface area (Å²) in [7, 11) is 0. The lowest BCUT2D eigenvalue weighted by Crippen LogP contribution is -2.31. The molecule has 1 saturated heterocycles. The Morgan fingerprint density at radius 2 is 2.46 bits per heavy atom. The van der Waals surface area contributed by atoms with E-state index in [4.69, 9.17) is 10.8 Å². The fourth-order valence-corrected chi connectivity index (χ4v) is 1.42. The molecule has 0 spiro atoms. The van der Waals surface area contributed by atoms with E-state index in [1.165, 1.54) is 0 Å². The van der Waals surface area contributed by atoms with Gasteiger partial charge in [0.1, 0.15) is 6.04 Å². The van der Waals surface area contributed by atoms with Crippen molar-refractivity contribution in [3.63, 3.8) is 0 Å². The van der Waals surface area contributed by atoms with Crippen molar-refractivity contribution in [2.45, 2.75) is 25.3 Å². The zero-order valence-electron chi connectivity index (χ0n) is 7.32. The summed E-state index contributed by atoms with van der Waals surface area (Å²) in [6.07, 6.45) is 1.73. The molecule has 4 N–H and O–H groups in total. The molecule has 1 aliphatic rings. The van der Waals surface area contributed by atoms with Gasteiger partial charge in [0.2, 0.25) is 5.91 Å². The second-order valence-electron chi connectivity index (χ2n) is 3.30. The molecule has 2 unspecified atom stereocenters. The Balaban J connectivity index is 2.25. The highest BCUT2D eigenvalue weighted by Gasteiger charge is 2.25. The van der Waals surface area contributed by atoms with Crippen molar-refractivity contribution in [3.8, 4) is 0 Å². The third-order valence-corrected chi connectivity index (χ3v) is 2.31. The van der Waals surface area contributed by atoms with Crippen LogP contribution in [0.15, 0.2) is 0 Å². The molecule has 5 nitrogen and oxygen atoms in total. The average molecular weight is 186 g/mol. The summed E-state index contributed by atoms with van der Waals surface area (Å²) in [6, 6.07) is -0.839. The molecule has 0 aromatic carbocycles. The predicted octanol–water partition coefficient (Wildman–Crippen LogP) is -0.685. The highest BCUT2D eigenvalue weighted by Crippen LogP contribution is 2.16. The second kappa shape index (κ2) is 4.23. The third-order valence-electron chi connectivity index (χ3n) is 2.31.